The lowest BCUT2D eigenvalue weighted by Gasteiger charge is -1.98. The summed E-state index contributed by atoms with van der Waals surface area (Å²) in [5.74, 6) is -0.293. The Hall–Kier alpha value is -1.02. The van der Waals surface area contributed by atoms with E-state index in [-0.39, 0.29) is 5.82 Å². The molecule has 0 aliphatic carbocycles. The molecule has 62 valence electrons. The monoisotopic (exact) mass is 183 g/mol. The highest BCUT2D eigenvalue weighted by Crippen LogP contribution is 2.24. The Balaban J connectivity index is 2.93. The summed E-state index contributed by atoms with van der Waals surface area (Å²) in [5.41, 5.74) is 0.873. The third-order valence-electron chi connectivity index (χ3n) is 1.89. The van der Waals surface area contributed by atoms with Gasteiger partial charge in [-0.05, 0) is 18.2 Å². The van der Waals surface area contributed by atoms with Crippen molar-refractivity contribution in [1.82, 2.24) is 4.57 Å². The molecule has 1 aromatic heterocycles. The van der Waals surface area contributed by atoms with E-state index in [0.717, 1.165) is 10.9 Å². The molecule has 3 heteroatoms. The van der Waals surface area contributed by atoms with E-state index in [0.29, 0.717) is 5.02 Å². The quantitative estimate of drug-likeness (QED) is 0.592. The van der Waals surface area contributed by atoms with Gasteiger partial charge in [-0.2, -0.15) is 0 Å². The molecule has 0 bridgehead atoms. The topological polar surface area (TPSA) is 4.93 Å². The van der Waals surface area contributed by atoms with Crippen molar-refractivity contribution in [2.24, 2.45) is 7.05 Å². The van der Waals surface area contributed by atoms with E-state index in [1.165, 1.54) is 12.1 Å². The van der Waals surface area contributed by atoms with E-state index < -0.39 is 0 Å². The van der Waals surface area contributed by atoms with E-state index in [9.17, 15) is 4.39 Å². The summed E-state index contributed by atoms with van der Waals surface area (Å²) in [4.78, 5) is 0. The second-order valence-electron chi connectivity index (χ2n) is 2.75. The van der Waals surface area contributed by atoms with E-state index >= 15 is 0 Å². The highest BCUT2D eigenvalue weighted by Gasteiger charge is 2.04. The molecule has 1 aromatic carbocycles. The molecule has 0 N–H and O–H groups in total. The molecular formula is C9H7ClFN. The molecule has 0 amide bonds. The number of halogens is 2. The van der Waals surface area contributed by atoms with Crippen LogP contribution in [0.15, 0.2) is 24.4 Å². The molecule has 0 aliphatic heterocycles. The molecule has 1 heterocycles. The van der Waals surface area contributed by atoms with Crippen LogP contribution < -0.4 is 0 Å². The fourth-order valence-electron chi connectivity index (χ4n) is 1.35. The predicted octanol–water partition coefficient (Wildman–Crippen LogP) is 2.97. The maximum absolute atomic E-state index is 12.8. The van der Waals surface area contributed by atoms with Gasteiger partial charge in [0.25, 0.3) is 0 Å². The van der Waals surface area contributed by atoms with Crippen molar-refractivity contribution in [3.05, 3.63) is 35.2 Å². The Morgan fingerprint density at radius 3 is 2.92 bits per heavy atom. The van der Waals surface area contributed by atoms with Gasteiger partial charge in [0, 0.05) is 18.6 Å². The average Bonchev–Trinajstić information content (AvgIpc) is 2.31. The van der Waals surface area contributed by atoms with Gasteiger partial charge < -0.3 is 4.57 Å². The second-order valence-corrected chi connectivity index (χ2v) is 3.16. The van der Waals surface area contributed by atoms with Crippen LogP contribution in [0.4, 0.5) is 4.39 Å². The maximum Gasteiger partial charge on any atom is 0.125 e. The van der Waals surface area contributed by atoms with Crippen molar-refractivity contribution >= 4 is 22.5 Å². The molecule has 12 heavy (non-hydrogen) atoms. The fourth-order valence-corrected chi connectivity index (χ4v) is 1.70. The van der Waals surface area contributed by atoms with Crippen molar-refractivity contribution in [3.63, 3.8) is 0 Å². The Labute approximate surface area is 74.4 Å². The van der Waals surface area contributed by atoms with Gasteiger partial charge in [-0.25, -0.2) is 4.39 Å². The largest absolute Gasteiger partial charge is 0.349 e. The van der Waals surface area contributed by atoms with Gasteiger partial charge in [0.05, 0.1) is 10.5 Å². The third kappa shape index (κ3) is 0.994. The minimum absolute atomic E-state index is 0.293. The van der Waals surface area contributed by atoms with Gasteiger partial charge in [-0.1, -0.05) is 11.6 Å². The molecule has 2 rings (SSSR count). The van der Waals surface area contributed by atoms with E-state index in [4.69, 9.17) is 11.6 Å². The lowest BCUT2D eigenvalue weighted by Crippen LogP contribution is -1.85. The zero-order valence-corrected chi connectivity index (χ0v) is 7.27. The molecule has 0 radical (unpaired) electrons. The first-order valence-corrected chi connectivity index (χ1v) is 3.96. The van der Waals surface area contributed by atoms with E-state index in [1.807, 2.05) is 23.9 Å². The number of nitrogens with zero attached hydrogens (tertiary/aromatic N) is 1. The first-order valence-electron chi connectivity index (χ1n) is 3.58. The fraction of sp³-hybridized carbons (Fsp3) is 0.111. The summed E-state index contributed by atoms with van der Waals surface area (Å²) in [6.07, 6.45) is 1.86. The molecule has 0 fully saturated rings. The third-order valence-corrected chi connectivity index (χ3v) is 2.18. The van der Waals surface area contributed by atoms with Crippen LogP contribution in [0.5, 0.6) is 0 Å². The van der Waals surface area contributed by atoms with Crippen molar-refractivity contribution in [2.75, 3.05) is 0 Å². The van der Waals surface area contributed by atoms with Crippen LogP contribution in [-0.2, 0) is 7.05 Å². The normalized spacial score (nSPS) is 10.9. The molecular weight excluding hydrogens is 177 g/mol. The van der Waals surface area contributed by atoms with Gasteiger partial charge in [0.2, 0.25) is 0 Å². The Morgan fingerprint density at radius 2 is 2.17 bits per heavy atom. The molecule has 0 atom stereocenters. The lowest BCUT2D eigenvalue weighted by atomic mass is 10.2. The first kappa shape index (κ1) is 7.62. The minimum atomic E-state index is -0.293. The number of hydrogen-bond donors (Lipinski definition) is 0. The maximum atomic E-state index is 12.8. The van der Waals surface area contributed by atoms with Crippen LogP contribution >= 0.6 is 11.6 Å². The zero-order chi connectivity index (χ0) is 8.72. The Kier molecular flexibility index (Phi) is 1.58. The van der Waals surface area contributed by atoms with Crippen LogP contribution in [0.25, 0.3) is 10.9 Å². The SMILES string of the molecule is Cn1ccc2cc(F)cc(Cl)c21. The molecule has 1 nitrogen and oxygen atoms in total. The van der Waals surface area contributed by atoms with Crippen LogP contribution in [0.2, 0.25) is 5.02 Å². The van der Waals surface area contributed by atoms with E-state index in [1.54, 1.807) is 0 Å². The Morgan fingerprint density at radius 1 is 1.42 bits per heavy atom. The van der Waals surface area contributed by atoms with Crippen LogP contribution in [0.1, 0.15) is 0 Å². The van der Waals surface area contributed by atoms with Crippen molar-refractivity contribution in [2.45, 2.75) is 0 Å². The number of aryl methyl sites for hydroxylation is 1. The molecule has 0 saturated heterocycles. The molecule has 0 unspecified atom stereocenters. The number of rotatable bonds is 0. The van der Waals surface area contributed by atoms with Gasteiger partial charge in [-0.15, -0.1) is 0 Å². The lowest BCUT2D eigenvalue weighted by molar-refractivity contribution is 0.629. The first-order chi connectivity index (χ1) is 5.68. The molecule has 2 aromatic rings. The number of aromatic nitrogens is 1. The van der Waals surface area contributed by atoms with Crippen LogP contribution in [0.3, 0.4) is 0 Å². The van der Waals surface area contributed by atoms with Crippen molar-refractivity contribution in [3.8, 4) is 0 Å². The average molecular weight is 184 g/mol. The van der Waals surface area contributed by atoms with E-state index in [2.05, 4.69) is 0 Å². The predicted molar refractivity (Wildman–Crippen MR) is 47.9 cm³/mol. The zero-order valence-electron chi connectivity index (χ0n) is 6.51. The highest BCUT2D eigenvalue weighted by molar-refractivity contribution is 6.35. The minimum Gasteiger partial charge on any atom is -0.349 e. The summed E-state index contributed by atoms with van der Waals surface area (Å²) >= 11 is 5.85. The Bertz CT molecular complexity index is 433. The van der Waals surface area contributed by atoms with Gasteiger partial charge in [0.1, 0.15) is 5.82 Å². The summed E-state index contributed by atoms with van der Waals surface area (Å²) in [6, 6.07) is 4.63. The summed E-state index contributed by atoms with van der Waals surface area (Å²) in [7, 11) is 1.88. The van der Waals surface area contributed by atoms with Crippen LogP contribution in [-0.4, -0.2) is 4.57 Å². The summed E-state index contributed by atoms with van der Waals surface area (Å²) in [5, 5.41) is 1.29. The van der Waals surface area contributed by atoms with Crippen molar-refractivity contribution < 1.29 is 4.39 Å². The summed E-state index contributed by atoms with van der Waals surface area (Å²) < 4.78 is 14.7. The van der Waals surface area contributed by atoms with Gasteiger partial charge >= 0.3 is 0 Å². The molecule has 0 saturated carbocycles. The van der Waals surface area contributed by atoms with Crippen LogP contribution in [0, 0.1) is 5.82 Å². The molecule has 0 spiro atoms. The van der Waals surface area contributed by atoms with Gasteiger partial charge in [0.15, 0.2) is 0 Å². The molecule has 0 aliphatic rings. The van der Waals surface area contributed by atoms with Gasteiger partial charge in [-0.3, -0.25) is 0 Å². The second kappa shape index (κ2) is 2.49. The summed E-state index contributed by atoms with van der Waals surface area (Å²) in [6.45, 7) is 0. The highest BCUT2D eigenvalue weighted by atomic mass is 35.5. The van der Waals surface area contributed by atoms with Crippen molar-refractivity contribution in [1.29, 1.82) is 0 Å². The smallest absolute Gasteiger partial charge is 0.125 e. The number of fused-ring (bicyclic) bond motifs is 1. The number of benzene rings is 1. The standard InChI is InChI=1S/C9H7ClFN/c1-12-3-2-6-4-7(11)5-8(10)9(6)12/h2-5H,1H3. The number of hydrogen-bond acceptors (Lipinski definition) is 0.